The molecule has 7 heteroatoms. The van der Waals surface area contributed by atoms with Crippen LogP contribution in [-0.4, -0.2) is 30.0 Å². The Kier molecular flexibility index (Phi) is 7.37. The highest BCUT2D eigenvalue weighted by Crippen LogP contribution is 2.14. The molecule has 0 saturated heterocycles. The van der Waals surface area contributed by atoms with E-state index in [1.165, 1.54) is 6.92 Å². The molecular weight excluding hydrogens is 348 g/mol. The largest absolute Gasteiger partial charge is 0.479 e. The van der Waals surface area contributed by atoms with E-state index in [1.807, 2.05) is 6.07 Å². The average Bonchev–Trinajstić information content (AvgIpc) is 2.71. The first-order valence-electron chi connectivity index (χ1n) is 8.58. The SMILES string of the molecule is CC[C@@H](Oc1ccccc1)C(=O)O[C@H](C)C(=O)NNC(=O)c1ccccc1. The fourth-order valence-corrected chi connectivity index (χ4v) is 2.15. The third kappa shape index (κ3) is 6.14. The lowest BCUT2D eigenvalue weighted by atomic mass is 10.2. The lowest BCUT2D eigenvalue weighted by Crippen LogP contribution is -2.47. The van der Waals surface area contributed by atoms with Gasteiger partial charge < -0.3 is 9.47 Å². The standard InChI is InChI=1S/C20H22N2O5/c1-3-17(27-16-12-8-5-9-13-16)20(25)26-14(2)18(23)21-22-19(24)15-10-6-4-7-11-15/h4-14,17H,3H2,1-2H3,(H,21,23)(H,22,24)/t14-,17-/m1/s1. The van der Waals surface area contributed by atoms with Crippen LogP contribution in [0.25, 0.3) is 0 Å². The third-order valence-electron chi connectivity index (χ3n) is 3.65. The normalized spacial score (nSPS) is 12.4. The van der Waals surface area contributed by atoms with Crippen LogP contribution in [-0.2, 0) is 14.3 Å². The average molecular weight is 370 g/mol. The molecule has 0 aromatic heterocycles. The summed E-state index contributed by atoms with van der Waals surface area (Å²) in [5.41, 5.74) is 4.90. The van der Waals surface area contributed by atoms with Gasteiger partial charge in [0.05, 0.1) is 0 Å². The molecule has 0 radical (unpaired) electrons. The van der Waals surface area contributed by atoms with Crippen LogP contribution in [0.5, 0.6) is 5.75 Å². The molecule has 0 bridgehead atoms. The fraction of sp³-hybridized carbons (Fsp3) is 0.250. The number of rotatable bonds is 7. The van der Waals surface area contributed by atoms with E-state index in [4.69, 9.17) is 9.47 Å². The molecule has 142 valence electrons. The van der Waals surface area contributed by atoms with Crippen LogP contribution in [0.3, 0.4) is 0 Å². The number of hydrogen-bond donors (Lipinski definition) is 2. The number of amides is 2. The van der Waals surface area contributed by atoms with Crippen LogP contribution < -0.4 is 15.6 Å². The van der Waals surface area contributed by atoms with Crippen molar-refractivity contribution in [3.05, 3.63) is 66.2 Å². The summed E-state index contributed by atoms with van der Waals surface area (Å²) >= 11 is 0. The number of para-hydroxylation sites is 1. The van der Waals surface area contributed by atoms with E-state index in [9.17, 15) is 14.4 Å². The lowest BCUT2D eigenvalue weighted by Gasteiger charge is -2.19. The quantitative estimate of drug-likeness (QED) is 0.576. The van der Waals surface area contributed by atoms with Crippen molar-refractivity contribution < 1.29 is 23.9 Å². The summed E-state index contributed by atoms with van der Waals surface area (Å²) in [6.45, 7) is 3.19. The molecule has 0 aliphatic heterocycles. The van der Waals surface area contributed by atoms with Crippen molar-refractivity contribution in [2.45, 2.75) is 32.5 Å². The zero-order valence-electron chi connectivity index (χ0n) is 15.2. The van der Waals surface area contributed by atoms with E-state index in [2.05, 4.69) is 10.9 Å². The summed E-state index contributed by atoms with van der Waals surface area (Å²) in [5.74, 6) is -1.24. The van der Waals surface area contributed by atoms with Gasteiger partial charge in [0.2, 0.25) is 0 Å². The summed E-state index contributed by atoms with van der Waals surface area (Å²) in [5, 5.41) is 0. The Hall–Kier alpha value is -3.35. The van der Waals surface area contributed by atoms with E-state index in [0.29, 0.717) is 17.7 Å². The molecule has 2 N–H and O–H groups in total. The molecule has 0 saturated carbocycles. The molecule has 2 atom stereocenters. The highest BCUT2D eigenvalue weighted by molar-refractivity contribution is 5.95. The van der Waals surface area contributed by atoms with Gasteiger partial charge in [0.1, 0.15) is 5.75 Å². The topological polar surface area (TPSA) is 93.7 Å². The van der Waals surface area contributed by atoms with Gasteiger partial charge in [-0.05, 0) is 37.6 Å². The molecule has 0 fully saturated rings. The zero-order valence-corrected chi connectivity index (χ0v) is 15.2. The number of ether oxygens (including phenoxy) is 2. The molecular formula is C20H22N2O5. The molecule has 2 aromatic carbocycles. The summed E-state index contributed by atoms with van der Waals surface area (Å²) in [7, 11) is 0. The van der Waals surface area contributed by atoms with Gasteiger partial charge in [0, 0.05) is 5.56 Å². The minimum absolute atomic E-state index is 0.382. The maximum atomic E-state index is 12.2. The minimum Gasteiger partial charge on any atom is -0.479 e. The highest BCUT2D eigenvalue weighted by Gasteiger charge is 2.25. The summed E-state index contributed by atoms with van der Waals surface area (Å²) in [6, 6.07) is 17.3. The van der Waals surface area contributed by atoms with E-state index < -0.39 is 30.0 Å². The first kappa shape index (κ1) is 20.0. The molecule has 0 unspecified atom stereocenters. The lowest BCUT2D eigenvalue weighted by molar-refractivity contribution is -0.161. The van der Waals surface area contributed by atoms with Crippen LogP contribution in [0.15, 0.2) is 60.7 Å². The molecule has 0 aliphatic rings. The summed E-state index contributed by atoms with van der Waals surface area (Å²) in [6.07, 6.45) is -1.55. The van der Waals surface area contributed by atoms with E-state index in [0.717, 1.165) is 0 Å². The highest BCUT2D eigenvalue weighted by atomic mass is 16.6. The Labute approximate surface area is 157 Å². The molecule has 7 nitrogen and oxygen atoms in total. The van der Waals surface area contributed by atoms with E-state index >= 15 is 0 Å². The summed E-state index contributed by atoms with van der Waals surface area (Å²) < 4.78 is 10.7. The minimum atomic E-state index is -1.10. The van der Waals surface area contributed by atoms with Crippen LogP contribution >= 0.6 is 0 Å². The second-order valence-corrected chi connectivity index (χ2v) is 5.72. The maximum Gasteiger partial charge on any atom is 0.348 e. The smallest absolute Gasteiger partial charge is 0.348 e. The van der Waals surface area contributed by atoms with Gasteiger partial charge in [-0.25, -0.2) is 4.79 Å². The maximum absolute atomic E-state index is 12.2. The number of nitrogens with one attached hydrogen (secondary N) is 2. The predicted octanol–water partition coefficient (Wildman–Crippen LogP) is 2.24. The predicted molar refractivity (Wildman–Crippen MR) is 98.8 cm³/mol. The number of hydrogen-bond acceptors (Lipinski definition) is 5. The molecule has 2 amide bonds. The zero-order chi connectivity index (χ0) is 19.6. The van der Waals surface area contributed by atoms with Gasteiger partial charge >= 0.3 is 5.97 Å². The number of carbonyl (C=O) groups excluding carboxylic acids is 3. The van der Waals surface area contributed by atoms with Gasteiger partial charge in [-0.1, -0.05) is 43.3 Å². The second kappa shape index (κ2) is 9.96. The number of esters is 1. The first-order chi connectivity index (χ1) is 13.0. The summed E-state index contributed by atoms with van der Waals surface area (Å²) in [4.78, 5) is 36.2. The van der Waals surface area contributed by atoms with Gasteiger partial charge in [-0.3, -0.25) is 20.4 Å². The van der Waals surface area contributed by atoms with Gasteiger partial charge in [-0.15, -0.1) is 0 Å². The van der Waals surface area contributed by atoms with Crippen LogP contribution in [0.4, 0.5) is 0 Å². The molecule has 0 heterocycles. The van der Waals surface area contributed by atoms with Crippen LogP contribution in [0.1, 0.15) is 30.6 Å². The number of benzene rings is 2. The van der Waals surface area contributed by atoms with Crippen molar-refractivity contribution in [2.75, 3.05) is 0 Å². The molecule has 27 heavy (non-hydrogen) atoms. The Morgan fingerprint density at radius 2 is 1.52 bits per heavy atom. The Morgan fingerprint density at radius 3 is 2.11 bits per heavy atom. The van der Waals surface area contributed by atoms with Crippen molar-refractivity contribution in [3.8, 4) is 5.75 Å². The van der Waals surface area contributed by atoms with E-state index in [1.54, 1.807) is 61.5 Å². The second-order valence-electron chi connectivity index (χ2n) is 5.72. The van der Waals surface area contributed by atoms with Gasteiger partial charge in [0.25, 0.3) is 11.8 Å². The van der Waals surface area contributed by atoms with Crippen LogP contribution in [0, 0.1) is 0 Å². The monoisotopic (exact) mass is 370 g/mol. The van der Waals surface area contributed by atoms with Gasteiger partial charge in [0.15, 0.2) is 12.2 Å². The van der Waals surface area contributed by atoms with Crippen molar-refractivity contribution in [3.63, 3.8) is 0 Å². The molecule has 2 aromatic rings. The fourth-order valence-electron chi connectivity index (χ4n) is 2.15. The number of hydrazine groups is 1. The van der Waals surface area contributed by atoms with E-state index in [-0.39, 0.29) is 0 Å². The Morgan fingerprint density at radius 1 is 0.926 bits per heavy atom. The van der Waals surface area contributed by atoms with Gasteiger partial charge in [-0.2, -0.15) is 0 Å². The Balaban J connectivity index is 1.83. The first-order valence-corrected chi connectivity index (χ1v) is 8.58. The Bertz CT molecular complexity index is 764. The van der Waals surface area contributed by atoms with Crippen LogP contribution in [0.2, 0.25) is 0 Å². The molecule has 2 rings (SSSR count). The van der Waals surface area contributed by atoms with Crippen molar-refractivity contribution in [2.24, 2.45) is 0 Å². The third-order valence-corrected chi connectivity index (χ3v) is 3.65. The van der Waals surface area contributed by atoms with Crippen molar-refractivity contribution in [1.29, 1.82) is 0 Å². The van der Waals surface area contributed by atoms with Crippen molar-refractivity contribution in [1.82, 2.24) is 10.9 Å². The molecule has 0 spiro atoms. The van der Waals surface area contributed by atoms with Crippen molar-refractivity contribution >= 4 is 17.8 Å². The molecule has 0 aliphatic carbocycles. The number of carbonyl (C=O) groups is 3.